The Bertz CT molecular complexity index is 645. The molecule has 20 heavy (non-hydrogen) atoms. The molecule has 0 bridgehead atoms. The van der Waals surface area contributed by atoms with Crippen LogP contribution in [0.3, 0.4) is 0 Å². The summed E-state index contributed by atoms with van der Waals surface area (Å²) in [5.41, 5.74) is 1.11. The van der Waals surface area contributed by atoms with Crippen molar-refractivity contribution in [3.63, 3.8) is 0 Å². The minimum absolute atomic E-state index is 0.0557. The van der Waals surface area contributed by atoms with E-state index in [1.54, 1.807) is 19.2 Å². The maximum atomic E-state index is 13.7. The fourth-order valence-corrected chi connectivity index (χ4v) is 2.69. The Balaban J connectivity index is 2.22. The topological polar surface area (TPSA) is 51.2 Å². The van der Waals surface area contributed by atoms with Gasteiger partial charge in [-0.3, -0.25) is 0 Å². The van der Waals surface area contributed by atoms with Crippen LogP contribution < -0.4 is 5.32 Å². The lowest BCUT2D eigenvalue weighted by Crippen LogP contribution is -2.10. The van der Waals surface area contributed by atoms with Crippen LogP contribution in [0.4, 0.5) is 10.1 Å². The van der Waals surface area contributed by atoms with Gasteiger partial charge >= 0.3 is 5.97 Å². The Morgan fingerprint density at radius 3 is 2.90 bits per heavy atom. The second-order valence-electron chi connectivity index (χ2n) is 4.02. The van der Waals surface area contributed by atoms with Crippen LogP contribution in [0.5, 0.6) is 0 Å². The Hall–Kier alpha value is -1.66. The molecule has 7 heteroatoms. The van der Waals surface area contributed by atoms with E-state index in [1.807, 2.05) is 0 Å². The van der Waals surface area contributed by atoms with E-state index >= 15 is 0 Å². The quantitative estimate of drug-likeness (QED) is 0.875. The second kappa shape index (κ2) is 6.19. The van der Waals surface area contributed by atoms with Gasteiger partial charge in [0.15, 0.2) is 4.47 Å². The van der Waals surface area contributed by atoms with E-state index in [2.05, 4.69) is 15.0 Å². The number of carbonyl (C=O) groups is 1. The molecule has 0 fully saturated rings. The van der Waals surface area contributed by atoms with E-state index in [1.165, 1.54) is 24.5 Å². The third-order valence-electron chi connectivity index (χ3n) is 2.78. The number of esters is 1. The maximum Gasteiger partial charge on any atom is 0.341 e. The summed E-state index contributed by atoms with van der Waals surface area (Å²) in [5.74, 6) is -1.29. The molecule has 0 aliphatic carbocycles. The average molecular weight is 315 g/mol. The zero-order valence-corrected chi connectivity index (χ0v) is 12.4. The number of methoxy groups -OCH3 is 1. The highest BCUT2D eigenvalue weighted by Crippen LogP contribution is 2.24. The molecular formula is C13H12ClFN2O2S. The summed E-state index contributed by atoms with van der Waals surface area (Å²) in [6.45, 7) is 2.16. The molecule has 0 aliphatic rings. The molecule has 0 radical (unpaired) electrons. The van der Waals surface area contributed by atoms with Gasteiger partial charge in [0.25, 0.3) is 0 Å². The predicted molar refractivity (Wildman–Crippen MR) is 76.9 cm³/mol. The van der Waals surface area contributed by atoms with Crippen LogP contribution in [0.25, 0.3) is 0 Å². The lowest BCUT2D eigenvalue weighted by Gasteiger charge is -2.12. The Labute approximate surface area is 124 Å². The summed E-state index contributed by atoms with van der Waals surface area (Å²) in [6, 6.07) is 2.82. The molecule has 2 aromatic rings. The van der Waals surface area contributed by atoms with E-state index in [4.69, 9.17) is 11.6 Å². The Morgan fingerprint density at radius 1 is 1.55 bits per heavy atom. The molecule has 1 aromatic carbocycles. The SMILES string of the molecule is COC(=O)c1c(F)ccc(NCc2cnc(Cl)s2)c1C. The third kappa shape index (κ3) is 3.08. The van der Waals surface area contributed by atoms with Crippen LogP contribution >= 0.6 is 22.9 Å². The van der Waals surface area contributed by atoms with E-state index < -0.39 is 11.8 Å². The fourth-order valence-electron chi connectivity index (χ4n) is 1.77. The smallest absolute Gasteiger partial charge is 0.341 e. The number of hydrogen-bond donors (Lipinski definition) is 1. The number of halogens is 2. The van der Waals surface area contributed by atoms with Crippen molar-refractivity contribution in [1.29, 1.82) is 0 Å². The monoisotopic (exact) mass is 314 g/mol. The lowest BCUT2D eigenvalue weighted by molar-refractivity contribution is 0.0594. The van der Waals surface area contributed by atoms with Gasteiger partial charge in [-0.2, -0.15) is 0 Å². The van der Waals surface area contributed by atoms with Crippen molar-refractivity contribution < 1.29 is 13.9 Å². The highest BCUT2D eigenvalue weighted by molar-refractivity contribution is 7.15. The van der Waals surface area contributed by atoms with Gasteiger partial charge in [-0.25, -0.2) is 14.2 Å². The number of nitrogens with zero attached hydrogens (tertiary/aromatic N) is 1. The third-order valence-corrected chi connectivity index (χ3v) is 3.90. The summed E-state index contributed by atoms with van der Waals surface area (Å²) < 4.78 is 18.7. The van der Waals surface area contributed by atoms with E-state index in [0.717, 1.165) is 4.88 Å². The van der Waals surface area contributed by atoms with Crippen LogP contribution in [0.2, 0.25) is 4.47 Å². The van der Waals surface area contributed by atoms with Gasteiger partial charge in [0.2, 0.25) is 0 Å². The first kappa shape index (κ1) is 14.7. The first-order chi connectivity index (χ1) is 9.52. The van der Waals surface area contributed by atoms with Gasteiger partial charge in [-0.1, -0.05) is 11.6 Å². The number of aromatic nitrogens is 1. The molecule has 0 amide bonds. The molecular weight excluding hydrogens is 303 g/mol. The summed E-state index contributed by atoms with van der Waals surface area (Å²) in [7, 11) is 1.22. The second-order valence-corrected chi connectivity index (χ2v) is 5.72. The molecule has 0 aliphatic heterocycles. The number of ether oxygens (including phenoxy) is 1. The number of rotatable bonds is 4. The fraction of sp³-hybridized carbons (Fsp3) is 0.231. The van der Waals surface area contributed by atoms with Crippen LogP contribution in [0.15, 0.2) is 18.3 Å². The van der Waals surface area contributed by atoms with E-state index in [9.17, 15) is 9.18 Å². The Kier molecular flexibility index (Phi) is 4.57. The first-order valence-corrected chi connectivity index (χ1v) is 6.94. The number of carbonyl (C=O) groups excluding carboxylic acids is 1. The van der Waals surface area contributed by atoms with Crippen LogP contribution in [-0.4, -0.2) is 18.1 Å². The van der Waals surface area contributed by atoms with Crippen molar-refractivity contribution in [2.45, 2.75) is 13.5 Å². The molecule has 0 saturated heterocycles. The predicted octanol–water partition coefficient (Wildman–Crippen LogP) is 3.64. The molecule has 0 atom stereocenters. The van der Waals surface area contributed by atoms with E-state index in [-0.39, 0.29) is 5.56 Å². The van der Waals surface area contributed by atoms with Crippen LogP contribution in [0.1, 0.15) is 20.8 Å². The van der Waals surface area contributed by atoms with Crippen LogP contribution in [0, 0.1) is 12.7 Å². The molecule has 0 spiro atoms. The number of thiazole rings is 1. The summed E-state index contributed by atoms with van der Waals surface area (Å²) in [4.78, 5) is 16.4. The van der Waals surface area contributed by atoms with E-state index in [0.29, 0.717) is 22.3 Å². The van der Waals surface area contributed by atoms with Crippen molar-refractivity contribution in [2.75, 3.05) is 12.4 Å². The van der Waals surface area contributed by atoms with Gasteiger partial charge < -0.3 is 10.1 Å². The van der Waals surface area contributed by atoms with Crippen molar-refractivity contribution >= 4 is 34.6 Å². The van der Waals surface area contributed by atoms with Crippen molar-refractivity contribution in [3.8, 4) is 0 Å². The zero-order chi connectivity index (χ0) is 14.7. The molecule has 1 aromatic heterocycles. The van der Waals surface area contributed by atoms with Crippen molar-refractivity contribution in [3.05, 3.63) is 44.6 Å². The molecule has 0 saturated carbocycles. The molecule has 2 rings (SSSR count). The van der Waals surface area contributed by atoms with Gasteiger partial charge in [0.1, 0.15) is 11.4 Å². The highest BCUT2D eigenvalue weighted by Gasteiger charge is 2.17. The standard InChI is InChI=1S/C13H12ClFN2O2S/c1-7-10(16-5-8-6-17-13(14)20-8)4-3-9(15)11(7)12(18)19-2/h3-4,6,16H,5H2,1-2H3. The first-order valence-electron chi connectivity index (χ1n) is 5.74. The number of nitrogens with one attached hydrogen (secondary N) is 1. The average Bonchev–Trinajstić information content (AvgIpc) is 2.83. The minimum Gasteiger partial charge on any atom is -0.465 e. The number of benzene rings is 1. The normalized spacial score (nSPS) is 10.4. The zero-order valence-electron chi connectivity index (χ0n) is 10.9. The van der Waals surface area contributed by atoms with Gasteiger partial charge in [0, 0.05) is 16.8 Å². The highest BCUT2D eigenvalue weighted by atomic mass is 35.5. The number of hydrogen-bond acceptors (Lipinski definition) is 5. The van der Waals surface area contributed by atoms with Gasteiger partial charge in [0.05, 0.1) is 13.7 Å². The Morgan fingerprint density at radius 2 is 2.30 bits per heavy atom. The molecule has 1 N–H and O–H groups in total. The summed E-state index contributed by atoms with van der Waals surface area (Å²) in [6.07, 6.45) is 1.67. The minimum atomic E-state index is -0.690. The summed E-state index contributed by atoms with van der Waals surface area (Å²) in [5, 5.41) is 3.13. The molecule has 106 valence electrons. The van der Waals surface area contributed by atoms with Gasteiger partial charge in [-0.05, 0) is 24.6 Å². The van der Waals surface area contributed by atoms with Crippen molar-refractivity contribution in [1.82, 2.24) is 4.98 Å². The molecule has 4 nitrogen and oxygen atoms in total. The number of anilines is 1. The van der Waals surface area contributed by atoms with Crippen LogP contribution in [-0.2, 0) is 11.3 Å². The van der Waals surface area contributed by atoms with Crippen molar-refractivity contribution in [2.24, 2.45) is 0 Å². The largest absolute Gasteiger partial charge is 0.465 e. The lowest BCUT2D eigenvalue weighted by atomic mass is 10.1. The molecule has 0 unspecified atom stereocenters. The molecule has 1 heterocycles. The van der Waals surface area contributed by atoms with Gasteiger partial charge in [-0.15, -0.1) is 11.3 Å². The maximum absolute atomic E-state index is 13.7. The summed E-state index contributed by atoms with van der Waals surface area (Å²) >= 11 is 7.11.